The van der Waals surface area contributed by atoms with E-state index in [1.807, 2.05) is 14.0 Å². The van der Waals surface area contributed by atoms with Crippen LogP contribution in [0.2, 0.25) is 0 Å². The van der Waals surface area contributed by atoms with Gasteiger partial charge in [0.15, 0.2) is 0 Å². The Balaban J connectivity index is 2.43. The molecule has 1 unspecified atom stereocenters. The van der Waals surface area contributed by atoms with Crippen LogP contribution in [0.15, 0.2) is 21.5 Å². The summed E-state index contributed by atoms with van der Waals surface area (Å²) in [6, 6.07) is 2.88. The van der Waals surface area contributed by atoms with Gasteiger partial charge in [0.1, 0.15) is 10.7 Å². The van der Waals surface area contributed by atoms with Gasteiger partial charge in [-0.05, 0) is 26.1 Å². The highest BCUT2D eigenvalue weighted by atomic mass is 79.9. The van der Waals surface area contributed by atoms with Crippen molar-refractivity contribution in [1.82, 2.24) is 9.21 Å². The first-order valence-electron chi connectivity index (χ1n) is 6.51. The van der Waals surface area contributed by atoms with Crippen molar-refractivity contribution in [2.45, 2.75) is 23.7 Å². The zero-order chi connectivity index (χ0) is 15.8. The number of sulfonamides is 1. The van der Waals surface area contributed by atoms with Gasteiger partial charge in [-0.2, -0.15) is 4.31 Å². The Bertz CT molecular complexity index is 641. The molecule has 118 valence electrons. The molecule has 4 nitrogen and oxygen atoms in total. The van der Waals surface area contributed by atoms with Crippen LogP contribution < -0.4 is 0 Å². The van der Waals surface area contributed by atoms with Gasteiger partial charge in [-0.3, -0.25) is 0 Å². The summed E-state index contributed by atoms with van der Waals surface area (Å²) in [5, 5.41) is 0. The number of rotatable bonds is 3. The Morgan fingerprint density at radius 3 is 2.67 bits per heavy atom. The van der Waals surface area contributed by atoms with Crippen LogP contribution in [0.5, 0.6) is 0 Å². The Hall–Kier alpha value is -0.210. The van der Waals surface area contributed by atoms with Gasteiger partial charge >= 0.3 is 0 Å². The molecule has 8 heteroatoms. The molecule has 1 atom stereocenters. The first-order valence-corrected chi connectivity index (χ1v) is 9.28. The molecule has 0 amide bonds. The maximum atomic E-state index is 14.4. The summed E-state index contributed by atoms with van der Waals surface area (Å²) >= 11 is 8.89. The highest BCUT2D eigenvalue weighted by Gasteiger charge is 2.33. The monoisotopic (exact) mass is 398 g/mol. The Morgan fingerprint density at radius 1 is 1.43 bits per heavy atom. The number of nitrogens with zero attached hydrogens (tertiary/aromatic N) is 2. The smallest absolute Gasteiger partial charge is 0.246 e. The lowest BCUT2D eigenvalue weighted by Gasteiger charge is -2.36. The van der Waals surface area contributed by atoms with E-state index in [0.717, 1.165) is 0 Å². The topological polar surface area (TPSA) is 40.6 Å². The van der Waals surface area contributed by atoms with E-state index in [-0.39, 0.29) is 22.4 Å². The zero-order valence-electron chi connectivity index (χ0n) is 11.8. The van der Waals surface area contributed by atoms with Crippen molar-refractivity contribution in [2.24, 2.45) is 0 Å². The first kappa shape index (κ1) is 17.1. The second-order valence-electron chi connectivity index (χ2n) is 5.20. The highest BCUT2D eigenvalue weighted by Crippen LogP contribution is 2.28. The van der Waals surface area contributed by atoms with Gasteiger partial charge < -0.3 is 4.90 Å². The minimum atomic E-state index is -3.86. The predicted octanol–water partition coefficient (Wildman–Crippen LogP) is 2.65. The van der Waals surface area contributed by atoms with Gasteiger partial charge in [-0.1, -0.05) is 15.9 Å². The number of hydrogen-bond donors (Lipinski definition) is 0. The molecular weight excluding hydrogens is 383 g/mol. The van der Waals surface area contributed by atoms with Crippen LogP contribution in [0.25, 0.3) is 0 Å². The van der Waals surface area contributed by atoms with Gasteiger partial charge in [-0.25, -0.2) is 12.8 Å². The van der Waals surface area contributed by atoms with Gasteiger partial charge in [-0.15, -0.1) is 11.6 Å². The third kappa shape index (κ3) is 3.42. The number of halogens is 3. The fourth-order valence-electron chi connectivity index (χ4n) is 2.28. The molecule has 1 heterocycles. The summed E-state index contributed by atoms with van der Waals surface area (Å²) in [5.74, 6) is -0.841. The van der Waals surface area contributed by atoms with Crippen LogP contribution in [0.3, 0.4) is 0 Å². The molecular formula is C13H17BrClFN2O2S. The number of likely N-dealkylation sites (N-methyl/N-ethyl adjacent to an activating group) is 1. The molecule has 1 saturated heterocycles. The van der Waals surface area contributed by atoms with Crippen molar-refractivity contribution >= 4 is 37.6 Å². The molecule has 0 N–H and O–H groups in total. The van der Waals surface area contributed by atoms with Gasteiger partial charge in [0.05, 0.1) is 5.88 Å². The van der Waals surface area contributed by atoms with Crippen molar-refractivity contribution in [3.05, 3.63) is 28.0 Å². The van der Waals surface area contributed by atoms with Crippen molar-refractivity contribution < 1.29 is 12.8 Å². The van der Waals surface area contributed by atoms with E-state index in [4.69, 9.17) is 11.6 Å². The molecule has 0 aromatic heterocycles. The van der Waals surface area contributed by atoms with Gasteiger partial charge in [0, 0.05) is 35.7 Å². The third-order valence-electron chi connectivity index (χ3n) is 3.76. The third-order valence-corrected chi connectivity index (χ3v) is 6.37. The molecule has 0 spiro atoms. The molecule has 2 rings (SSSR count). The van der Waals surface area contributed by atoms with Crippen LogP contribution in [0.4, 0.5) is 4.39 Å². The molecule has 1 aromatic rings. The van der Waals surface area contributed by atoms with Gasteiger partial charge in [0.25, 0.3) is 0 Å². The lowest BCUT2D eigenvalue weighted by atomic mass is 10.2. The van der Waals surface area contributed by atoms with Crippen LogP contribution >= 0.6 is 27.5 Å². The highest BCUT2D eigenvalue weighted by molar-refractivity contribution is 9.10. The zero-order valence-corrected chi connectivity index (χ0v) is 15.0. The normalized spacial score (nSPS) is 21.7. The van der Waals surface area contributed by atoms with E-state index >= 15 is 0 Å². The molecule has 0 saturated carbocycles. The fourth-order valence-corrected chi connectivity index (χ4v) is 4.77. The van der Waals surface area contributed by atoms with Crippen molar-refractivity contribution in [1.29, 1.82) is 0 Å². The van der Waals surface area contributed by atoms with Crippen molar-refractivity contribution in [2.75, 3.05) is 26.7 Å². The molecule has 21 heavy (non-hydrogen) atoms. The molecule has 0 aliphatic carbocycles. The van der Waals surface area contributed by atoms with Crippen LogP contribution in [-0.2, 0) is 15.9 Å². The van der Waals surface area contributed by atoms with Crippen molar-refractivity contribution in [3.63, 3.8) is 0 Å². The number of piperazine rings is 1. The molecule has 0 radical (unpaired) electrons. The van der Waals surface area contributed by atoms with E-state index in [1.54, 1.807) is 0 Å². The maximum absolute atomic E-state index is 14.4. The van der Waals surface area contributed by atoms with E-state index in [1.165, 1.54) is 16.4 Å². The molecule has 0 bridgehead atoms. The standard InChI is InChI=1S/C13H17BrClFN2O2S/c1-9-8-18(4-3-17(9)2)21(19,20)12-6-11(14)5-10(7-15)13(12)16/h5-6,9H,3-4,7-8H2,1-2H3. The predicted molar refractivity (Wildman–Crippen MR) is 84.5 cm³/mol. The lowest BCUT2D eigenvalue weighted by molar-refractivity contribution is 0.159. The number of benzene rings is 1. The van der Waals surface area contributed by atoms with Crippen LogP contribution in [-0.4, -0.2) is 50.3 Å². The Kier molecular flexibility index (Phi) is 5.31. The molecule has 1 aliphatic heterocycles. The number of alkyl halides is 1. The van der Waals surface area contributed by atoms with Crippen LogP contribution in [0.1, 0.15) is 12.5 Å². The number of hydrogen-bond acceptors (Lipinski definition) is 3. The lowest BCUT2D eigenvalue weighted by Crippen LogP contribution is -2.52. The summed E-state index contributed by atoms with van der Waals surface area (Å²) < 4.78 is 41.6. The molecule has 1 fully saturated rings. The van der Waals surface area contributed by atoms with E-state index in [0.29, 0.717) is 24.1 Å². The summed E-state index contributed by atoms with van der Waals surface area (Å²) in [5.41, 5.74) is 0.173. The second kappa shape index (κ2) is 6.50. The summed E-state index contributed by atoms with van der Waals surface area (Å²) in [4.78, 5) is 1.76. The Labute approximate surface area is 138 Å². The molecule has 1 aliphatic rings. The first-order chi connectivity index (χ1) is 9.77. The largest absolute Gasteiger partial charge is 0.301 e. The summed E-state index contributed by atoms with van der Waals surface area (Å²) in [6.45, 7) is 3.27. The summed E-state index contributed by atoms with van der Waals surface area (Å²) in [7, 11) is -1.92. The van der Waals surface area contributed by atoms with E-state index in [2.05, 4.69) is 20.8 Å². The van der Waals surface area contributed by atoms with Crippen LogP contribution in [0, 0.1) is 5.82 Å². The molecule has 1 aromatic carbocycles. The quantitative estimate of drug-likeness (QED) is 0.734. The van der Waals surface area contributed by atoms with Crippen molar-refractivity contribution in [3.8, 4) is 0 Å². The maximum Gasteiger partial charge on any atom is 0.246 e. The minimum Gasteiger partial charge on any atom is -0.301 e. The Morgan fingerprint density at radius 2 is 2.10 bits per heavy atom. The van der Waals surface area contributed by atoms with E-state index in [9.17, 15) is 12.8 Å². The minimum absolute atomic E-state index is 0.0765. The average molecular weight is 400 g/mol. The summed E-state index contributed by atoms with van der Waals surface area (Å²) in [6.07, 6.45) is 0. The second-order valence-corrected chi connectivity index (χ2v) is 8.29. The SMILES string of the molecule is CC1CN(S(=O)(=O)c2cc(Br)cc(CCl)c2F)CCN1C. The fraction of sp³-hybridized carbons (Fsp3) is 0.538. The van der Waals surface area contributed by atoms with E-state index < -0.39 is 15.8 Å². The average Bonchev–Trinajstić information content (AvgIpc) is 2.43. The van der Waals surface area contributed by atoms with Gasteiger partial charge in [0.2, 0.25) is 10.0 Å².